The molecular weight excluding hydrogens is 262 g/mol. The molecule has 2 N–H and O–H groups in total. The molecule has 0 bridgehead atoms. The monoisotopic (exact) mass is 283 g/mol. The van der Waals surface area contributed by atoms with Crippen molar-refractivity contribution in [1.82, 2.24) is 5.32 Å². The van der Waals surface area contributed by atoms with Crippen LogP contribution in [0.1, 0.15) is 35.6 Å². The SMILES string of the molecule is CNC1CCCc2c(OCc3ccc(O)cc3)cccc21. The Hall–Kier alpha value is -2.00. The second-order valence-corrected chi connectivity index (χ2v) is 5.51. The molecule has 1 unspecified atom stereocenters. The molecule has 0 aromatic heterocycles. The average molecular weight is 283 g/mol. The van der Waals surface area contributed by atoms with E-state index in [4.69, 9.17) is 4.74 Å². The third kappa shape index (κ3) is 3.03. The van der Waals surface area contributed by atoms with E-state index in [0.717, 1.165) is 17.7 Å². The van der Waals surface area contributed by atoms with Gasteiger partial charge in [-0.05, 0) is 61.2 Å². The Morgan fingerprint density at radius 3 is 2.76 bits per heavy atom. The van der Waals surface area contributed by atoms with Gasteiger partial charge in [0.2, 0.25) is 0 Å². The van der Waals surface area contributed by atoms with Gasteiger partial charge in [0.25, 0.3) is 0 Å². The molecule has 3 rings (SSSR count). The van der Waals surface area contributed by atoms with Crippen molar-refractivity contribution in [3.63, 3.8) is 0 Å². The van der Waals surface area contributed by atoms with Crippen LogP contribution in [-0.2, 0) is 13.0 Å². The van der Waals surface area contributed by atoms with E-state index in [1.165, 1.54) is 24.0 Å². The molecule has 0 amide bonds. The molecule has 0 heterocycles. The first-order valence-corrected chi connectivity index (χ1v) is 7.47. The van der Waals surface area contributed by atoms with Crippen molar-refractivity contribution >= 4 is 0 Å². The summed E-state index contributed by atoms with van der Waals surface area (Å²) >= 11 is 0. The first-order chi connectivity index (χ1) is 10.3. The molecule has 0 aliphatic heterocycles. The predicted molar refractivity (Wildman–Crippen MR) is 83.6 cm³/mol. The highest BCUT2D eigenvalue weighted by Crippen LogP contribution is 2.35. The van der Waals surface area contributed by atoms with Crippen molar-refractivity contribution in [3.05, 3.63) is 59.2 Å². The highest BCUT2D eigenvalue weighted by molar-refractivity contribution is 5.43. The summed E-state index contributed by atoms with van der Waals surface area (Å²) in [4.78, 5) is 0. The molecule has 0 spiro atoms. The van der Waals surface area contributed by atoms with Crippen LogP contribution in [0.15, 0.2) is 42.5 Å². The van der Waals surface area contributed by atoms with E-state index in [9.17, 15) is 5.11 Å². The first kappa shape index (κ1) is 14.0. The third-order valence-electron chi connectivity index (χ3n) is 4.14. The fourth-order valence-electron chi connectivity index (χ4n) is 3.00. The van der Waals surface area contributed by atoms with Gasteiger partial charge in [-0.1, -0.05) is 24.3 Å². The molecule has 2 aromatic carbocycles. The highest BCUT2D eigenvalue weighted by Gasteiger charge is 2.21. The van der Waals surface area contributed by atoms with Crippen molar-refractivity contribution in [2.45, 2.75) is 31.9 Å². The number of aromatic hydroxyl groups is 1. The molecule has 0 radical (unpaired) electrons. The lowest BCUT2D eigenvalue weighted by Crippen LogP contribution is -2.22. The molecule has 2 aromatic rings. The highest BCUT2D eigenvalue weighted by atomic mass is 16.5. The van der Waals surface area contributed by atoms with E-state index >= 15 is 0 Å². The van der Waals surface area contributed by atoms with Crippen molar-refractivity contribution in [2.75, 3.05) is 7.05 Å². The second kappa shape index (κ2) is 6.19. The Kier molecular flexibility index (Phi) is 4.11. The fourth-order valence-corrected chi connectivity index (χ4v) is 3.00. The van der Waals surface area contributed by atoms with Gasteiger partial charge in [-0.15, -0.1) is 0 Å². The van der Waals surface area contributed by atoms with Crippen molar-refractivity contribution in [2.24, 2.45) is 0 Å². The zero-order chi connectivity index (χ0) is 14.7. The standard InChI is InChI=1S/C18H21NO2/c1-19-17-6-2-5-16-15(17)4-3-7-18(16)21-12-13-8-10-14(20)11-9-13/h3-4,7-11,17,19-20H,2,5-6,12H2,1H3. The van der Waals surface area contributed by atoms with Crippen molar-refractivity contribution in [1.29, 1.82) is 0 Å². The zero-order valence-corrected chi connectivity index (χ0v) is 12.3. The van der Waals surface area contributed by atoms with E-state index in [2.05, 4.69) is 23.5 Å². The summed E-state index contributed by atoms with van der Waals surface area (Å²) in [6.45, 7) is 0.529. The Bertz CT molecular complexity index is 607. The van der Waals surface area contributed by atoms with Gasteiger partial charge in [-0.3, -0.25) is 0 Å². The van der Waals surface area contributed by atoms with Crippen LogP contribution in [0.5, 0.6) is 11.5 Å². The summed E-state index contributed by atoms with van der Waals surface area (Å²) in [5.74, 6) is 1.27. The van der Waals surface area contributed by atoms with Crippen LogP contribution < -0.4 is 10.1 Å². The lowest BCUT2D eigenvalue weighted by Gasteiger charge is -2.26. The minimum atomic E-state index is 0.285. The number of phenolic OH excluding ortho intramolecular Hbond substituents is 1. The van der Waals surface area contributed by atoms with Gasteiger partial charge < -0.3 is 15.2 Å². The number of benzene rings is 2. The van der Waals surface area contributed by atoms with Gasteiger partial charge in [0.05, 0.1) is 0 Å². The molecule has 1 aliphatic rings. The van der Waals surface area contributed by atoms with E-state index in [-0.39, 0.29) is 5.75 Å². The zero-order valence-electron chi connectivity index (χ0n) is 12.3. The Morgan fingerprint density at radius 2 is 2.00 bits per heavy atom. The summed E-state index contributed by atoms with van der Waals surface area (Å²) in [6.07, 6.45) is 3.46. The maximum atomic E-state index is 9.31. The van der Waals surface area contributed by atoms with Crippen molar-refractivity contribution < 1.29 is 9.84 Å². The average Bonchev–Trinajstić information content (AvgIpc) is 2.53. The smallest absolute Gasteiger partial charge is 0.123 e. The van der Waals surface area contributed by atoms with E-state index < -0.39 is 0 Å². The number of rotatable bonds is 4. The van der Waals surface area contributed by atoms with E-state index in [0.29, 0.717) is 12.6 Å². The van der Waals surface area contributed by atoms with Gasteiger partial charge in [0.15, 0.2) is 0 Å². The number of fused-ring (bicyclic) bond motifs is 1. The van der Waals surface area contributed by atoms with Crippen LogP contribution in [0.25, 0.3) is 0 Å². The molecule has 3 heteroatoms. The maximum Gasteiger partial charge on any atom is 0.123 e. The molecule has 1 atom stereocenters. The minimum absolute atomic E-state index is 0.285. The predicted octanol–water partition coefficient (Wildman–Crippen LogP) is 3.57. The van der Waals surface area contributed by atoms with Crippen LogP contribution in [0.2, 0.25) is 0 Å². The molecule has 110 valence electrons. The number of phenols is 1. The number of hydrogen-bond acceptors (Lipinski definition) is 3. The number of ether oxygens (including phenoxy) is 1. The van der Waals surface area contributed by atoms with Gasteiger partial charge in [0.1, 0.15) is 18.1 Å². The Balaban J connectivity index is 1.78. The van der Waals surface area contributed by atoms with Crippen LogP contribution in [-0.4, -0.2) is 12.2 Å². The van der Waals surface area contributed by atoms with Gasteiger partial charge in [-0.2, -0.15) is 0 Å². The molecule has 1 aliphatic carbocycles. The summed E-state index contributed by atoms with van der Waals surface area (Å²) in [6, 6.07) is 13.9. The lowest BCUT2D eigenvalue weighted by atomic mass is 9.87. The van der Waals surface area contributed by atoms with E-state index in [1.54, 1.807) is 12.1 Å². The molecule has 0 fully saturated rings. The molecule has 0 saturated heterocycles. The summed E-state index contributed by atoms with van der Waals surface area (Å²) in [7, 11) is 2.02. The second-order valence-electron chi connectivity index (χ2n) is 5.51. The topological polar surface area (TPSA) is 41.5 Å². The lowest BCUT2D eigenvalue weighted by molar-refractivity contribution is 0.299. The third-order valence-corrected chi connectivity index (χ3v) is 4.14. The first-order valence-electron chi connectivity index (χ1n) is 7.47. The molecular formula is C18H21NO2. The van der Waals surface area contributed by atoms with Crippen molar-refractivity contribution in [3.8, 4) is 11.5 Å². The van der Waals surface area contributed by atoms with Crippen LogP contribution in [0, 0.1) is 0 Å². The van der Waals surface area contributed by atoms with Crippen LogP contribution in [0.4, 0.5) is 0 Å². The minimum Gasteiger partial charge on any atom is -0.508 e. The van der Waals surface area contributed by atoms with Crippen LogP contribution in [0.3, 0.4) is 0 Å². The molecule has 0 saturated carbocycles. The fraction of sp³-hybridized carbons (Fsp3) is 0.333. The quantitative estimate of drug-likeness (QED) is 0.901. The van der Waals surface area contributed by atoms with Crippen LogP contribution >= 0.6 is 0 Å². The van der Waals surface area contributed by atoms with E-state index in [1.807, 2.05) is 19.2 Å². The Morgan fingerprint density at radius 1 is 1.19 bits per heavy atom. The number of nitrogens with one attached hydrogen (secondary N) is 1. The van der Waals surface area contributed by atoms with Gasteiger partial charge in [-0.25, -0.2) is 0 Å². The largest absolute Gasteiger partial charge is 0.508 e. The summed E-state index contributed by atoms with van der Waals surface area (Å²) in [5.41, 5.74) is 3.76. The molecule has 21 heavy (non-hydrogen) atoms. The summed E-state index contributed by atoms with van der Waals surface area (Å²) in [5, 5.41) is 12.7. The summed E-state index contributed by atoms with van der Waals surface area (Å²) < 4.78 is 6.01. The van der Waals surface area contributed by atoms with Gasteiger partial charge >= 0.3 is 0 Å². The normalized spacial score (nSPS) is 17.3. The number of hydrogen-bond donors (Lipinski definition) is 2. The van der Waals surface area contributed by atoms with Gasteiger partial charge in [0, 0.05) is 6.04 Å². The Labute approximate surface area is 125 Å². The maximum absolute atomic E-state index is 9.31. The molecule has 3 nitrogen and oxygen atoms in total.